The predicted octanol–water partition coefficient (Wildman–Crippen LogP) is 4.57. The minimum absolute atomic E-state index is 0.566. The molecule has 1 fully saturated rings. The highest BCUT2D eigenvalue weighted by molar-refractivity contribution is 5.27. The van der Waals surface area contributed by atoms with Crippen LogP contribution in [-0.4, -0.2) is 37.7 Å². The quantitative estimate of drug-likeness (QED) is 0.628. The van der Waals surface area contributed by atoms with Gasteiger partial charge in [-0.3, -0.25) is 0 Å². The van der Waals surface area contributed by atoms with Crippen molar-refractivity contribution in [3.8, 4) is 5.75 Å². The van der Waals surface area contributed by atoms with Crippen molar-refractivity contribution in [1.82, 2.24) is 10.2 Å². The van der Waals surface area contributed by atoms with Gasteiger partial charge in [0.15, 0.2) is 0 Å². The summed E-state index contributed by atoms with van der Waals surface area (Å²) in [5, 5.41) is 3.58. The number of nitrogens with zero attached hydrogens (tertiary/aromatic N) is 1. The Morgan fingerprint density at radius 2 is 1.72 bits per heavy atom. The second kappa shape index (κ2) is 10.8. The molecular formula is C22H38N2O. The van der Waals surface area contributed by atoms with Crippen LogP contribution in [0.5, 0.6) is 5.75 Å². The number of rotatable bonds is 10. The molecule has 1 aliphatic rings. The van der Waals surface area contributed by atoms with Crippen molar-refractivity contribution in [2.45, 2.75) is 53.5 Å². The van der Waals surface area contributed by atoms with Crippen LogP contribution in [0.3, 0.4) is 0 Å². The third-order valence-electron chi connectivity index (χ3n) is 4.95. The molecule has 142 valence electrons. The average Bonchev–Trinajstić information content (AvgIpc) is 2.59. The summed E-state index contributed by atoms with van der Waals surface area (Å²) in [4.78, 5) is 2.62. The van der Waals surface area contributed by atoms with Gasteiger partial charge in [-0.05, 0) is 67.8 Å². The molecule has 1 saturated heterocycles. The van der Waals surface area contributed by atoms with Crippen molar-refractivity contribution < 1.29 is 4.74 Å². The maximum atomic E-state index is 5.73. The van der Waals surface area contributed by atoms with E-state index in [4.69, 9.17) is 4.74 Å². The van der Waals surface area contributed by atoms with E-state index in [1.807, 2.05) is 0 Å². The molecule has 0 bridgehead atoms. The van der Waals surface area contributed by atoms with E-state index in [2.05, 4.69) is 62.2 Å². The fourth-order valence-electron chi connectivity index (χ4n) is 3.55. The summed E-state index contributed by atoms with van der Waals surface area (Å²) in [7, 11) is 0. The molecule has 0 radical (unpaired) electrons. The van der Waals surface area contributed by atoms with Crippen molar-refractivity contribution in [2.24, 2.45) is 17.8 Å². The van der Waals surface area contributed by atoms with Crippen molar-refractivity contribution >= 4 is 0 Å². The first kappa shape index (κ1) is 20.3. The van der Waals surface area contributed by atoms with Gasteiger partial charge in [-0.25, -0.2) is 0 Å². The van der Waals surface area contributed by atoms with E-state index in [9.17, 15) is 0 Å². The molecule has 0 aliphatic carbocycles. The average molecular weight is 347 g/mol. The van der Waals surface area contributed by atoms with Crippen LogP contribution in [0.15, 0.2) is 24.3 Å². The maximum absolute atomic E-state index is 5.73. The summed E-state index contributed by atoms with van der Waals surface area (Å²) in [5.74, 6) is 3.35. The smallest absolute Gasteiger partial charge is 0.119 e. The maximum Gasteiger partial charge on any atom is 0.119 e. The van der Waals surface area contributed by atoms with Crippen LogP contribution in [0, 0.1) is 17.8 Å². The molecule has 2 rings (SSSR count). The monoisotopic (exact) mass is 346 g/mol. The fraction of sp³-hybridized carbons (Fsp3) is 0.727. The molecule has 0 amide bonds. The molecular weight excluding hydrogens is 308 g/mol. The van der Waals surface area contributed by atoms with E-state index in [-0.39, 0.29) is 0 Å². The standard InChI is InChI=1S/C22H38N2O/c1-18(2)15-20-9-12-24(13-10-20)14-11-23-16-21-5-7-22(8-6-21)25-17-19(3)4/h5-8,18-20,23H,9-17H2,1-4H3. The summed E-state index contributed by atoms with van der Waals surface area (Å²) >= 11 is 0. The molecule has 1 N–H and O–H groups in total. The Morgan fingerprint density at radius 1 is 1.04 bits per heavy atom. The first-order chi connectivity index (χ1) is 12.0. The van der Waals surface area contributed by atoms with Crippen molar-refractivity contribution in [2.75, 3.05) is 32.8 Å². The van der Waals surface area contributed by atoms with Gasteiger partial charge in [-0.15, -0.1) is 0 Å². The lowest BCUT2D eigenvalue weighted by Gasteiger charge is -2.32. The molecule has 0 unspecified atom stereocenters. The van der Waals surface area contributed by atoms with Crippen molar-refractivity contribution in [3.05, 3.63) is 29.8 Å². The van der Waals surface area contributed by atoms with Crippen LogP contribution in [0.2, 0.25) is 0 Å². The fourth-order valence-corrected chi connectivity index (χ4v) is 3.55. The third-order valence-corrected chi connectivity index (χ3v) is 4.95. The third kappa shape index (κ3) is 8.24. The summed E-state index contributed by atoms with van der Waals surface area (Å²) < 4.78 is 5.73. The van der Waals surface area contributed by atoms with E-state index in [0.29, 0.717) is 5.92 Å². The van der Waals surface area contributed by atoms with Crippen LogP contribution in [0.1, 0.15) is 52.5 Å². The zero-order valence-electron chi connectivity index (χ0n) is 16.8. The van der Waals surface area contributed by atoms with Crippen LogP contribution in [0.4, 0.5) is 0 Å². The Kier molecular flexibility index (Phi) is 8.77. The molecule has 25 heavy (non-hydrogen) atoms. The molecule has 1 aromatic carbocycles. The van der Waals surface area contributed by atoms with Crippen molar-refractivity contribution in [3.63, 3.8) is 0 Å². The molecule has 0 saturated carbocycles. The van der Waals surface area contributed by atoms with Gasteiger partial charge in [0.1, 0.15) is 5.75 Å². The van der Waals surface area contributed by atoms with Gasteiger partial charge in [0, 0.05) is 19.6 Å². The Morgan fingerprint density at radius 3 is 2.32 bits per heavy atom. The Labute approximate surface area is 155 Å². The molecule has 1 aromatic rings. The van der Waals surface area contributed by atoms with Gasteiger partial charge < -0.3 is 15.0 Å². The van der Waals surface area contributed by atoms with Crippen LogP contribution >= 0.6 is 0 Å². The SMILES string of the molecule is CC(C)COc1ccc(CNCCN2CCC(CC(C)C)CC2)cc1. The summed E-state index contributed by atoms with van der Waals surface area (Å²) in [6.07, 6.45) is 4.18. The molecule has 0 atom stereocenters. The van der Waals surface area contributed by atoms with Gasteiger partial charge in [-0.1, -0.05) is 39.8 Å². The molecule has 0 aromatic heterocycles. The zero-order valence-corrected chi connectivity index (χ0v) is 16.8. The van der Waals surface area contributed by atoms with Gasteiger partial charge in [0.2, 0.25) is 0 Å². The Bertz CT molecular complexity index is 461. The van der Waals surface area contributed by atoms with Gasteiger partial charge in [-0.2, -0.15) is 0 Å². The highest BCUT2D eigenvalue weighted by atomic mass is 16.5. The first-order valence-corrected chi connectivity index (χ1v) is 10.2. The Hall–Kier alpha value is -1.06. The lowest BCUT2D eigenvalue weighted by molar-refractivity contribution is 0.171. The normalized spacial score (nSPS) is 16.7. The van der Waals surface area contributed by atoms with Gasteiger partial charge >= 0.3 is 0 Å². The number of hydrogen-bond acceptors (Lipinski definition) is 3. The van der Waals surface area contributed by atoms with E-state index >= 15 is 0 Å². The lowest BCUT2D eigenvalue weighted by Crippen LogP contribution is -2.38. The number of benzene rings is 1. The van der Waals surface area contributed by atoms with Crippen LogP contribution in [0.25, 0.3) is 0 Å². The van der Waals surface area contributed by atoms with E-state index in [1.165, 1.54) is 44.5 Å². The minimum atomic E-state index is 0.566. The second-order valence-electron chi connectivity index (χ2n) is 8.44. The van der Waals surface area contributed by atoms with E-state index < -0.39 is 0 Å². The van der Waals surface area contributed by atoms with Crippen LogP contribution < -0.4 is 10.1 Å². The number of ether oxygens (including phenoxy) is 1. The highest BCUT2D eigenvalue weighted by Gasteiger charge is 2.19. The number of hydrogen-bond donors (Lipinski definition) is 1. The molecule has 0 spiro atoms. The lowest BCUT2D eigenvalue weighted by atomic mass is 9.89. The van der Waals surface area contributed by atoms with E-state index in [1.54, 1.807) is 0 Å². The predicted molar refractivity (Wildman–Crippen MR) is 107 cm³/mol. The number of piperidine rings is 1. The van der Waals surface area contributed by atoms with Crippen LogP contribution in [-0.2, 0) is 6.54 Å². The Balaban J connectivity index is 1.57. The highest BCUT2D eigenvalue weighted by Crippen LogP contribution is 2.23. The molecule has 3 nitrogen and oxygen atoms in total. The van der Waals surface area contributed by atoms with Gasteiger partial charge in [0.25, 0.3) is 0 Å². The zero-order chi connectivity index (χ0) is 18.1. The van der Waals surface area contributed by atoms with Gasteiger partial charge in [0.05, 0.1) is 6.61 Å². The topological polar surface area (TPSA) is 24.5 Å². The number of nitrogens with one attached hydrogen (secondary N) is 1. The second-order valence-corrected chi connectivity index (χ2v) is 8.44. The summed E-state index contributed by atoms with van der Waals surface area (Å²) in [5.41, 5.74) is 1.33. The first-order valence-electron chi connectivity index (χ1n) is 10.2. The largest absolute Gasteiger partial charge is 0.493 e. The number of likely N-dealkylation sites (tertiary alicyclic amines) is 1. The van der Waals surface area contributed by atoms with Crippen molar-refractivity contribution in [1.29, 1.82) is 0 Å². The minimum Gasteiger partial charge on any atom is -0.493 e. The van der Waals surface area contributed by atoms with E-state index in [0.717, 1.165) is 37.3 Å². The molecule has 1 heterocycles. The molecule has 1 aliphatic heterocycles. The summed E-state index contributed by atoms with van der Waals surface area (Å²) in [6.45, 7) is 15.6. The summed E-state index contributed by atoms with van der Waals surface area (Å²) in [6, 6.07) is 8.50. The molecule has 3 heteroatoms.